The molecule has 0 radical (unpaired) electrons. The number of ether oxygens (including phenoxy) is 2. The van der Waals surface area contributed by atoms with Crippen molar-refractivity contribution in [1.29, 1.82) is 0 Å². The van der Waals surface area contributed by atoms with Gasteiger partial charge in [-0.2, -0.15) is 4.98 Å². The summed E-state index contributed by atoms with van der Waals surface area (Å²) in [6.45, 7) is 1.96. The van der Waals surface area contributed by atoms with Gasteiger partial charge in [0.05, 0.1) is 31.6 Å². The lowest BCUT2D eigenvalue weighted by molar-refractivity contribution is -0.117. The Morgan fingerprint density at radius 3 is 2.84 bits per heavy atom. The number of nitrogens with two attached hydrogens (primary N) is 1. The molecular formula is C26H30ClN7O4. The van der Waals surface area contributed by atoms with Gasteiger partial charge in [0.25, 0.3) is 0 Å². The second-order valence-electron chi connectivity index (χ2n) is 10.4. The monoisotopic (exact) mass is 539 g/mol. The fraction of sp³-hybridized carbons (Fsp3) is 0.462. The molecule has 1 aromatic carbocycles. The molecule has 2 amide bonds. The zero-order valence-electron chi connectivity index (χ0n) is 20.9. The highest BCUT2D eigenvalue weighted by molar-refractivity contribution is 6.32. The number of amides is 2. The van der Waals surface area contributed by atoms with Crippen LogP contribution in [0.25, 0.3) is 0 Å². The van der Waals surface area contributed by atoms with E-state index >= 15 is 0 Å². The van der Waals surface area contributed by atoms with Gasteiger partial charge in [0, 0.05) is 30.6 Å². The average Bonchev–Trinajstić information content (AvgIpc) is 3.50. The highest BCUT2D eigenvalue weighted by atomic mass is 35.5. The van der Waals surface area contributed by atoms with E-state index in [1.165, 1.54) is 19.0 Å². The molecule has 0 saturated heterocycles. The lowest BCUT2D eigenvalue weighted by Crippen LogP contribution is -2.41. The number of nitrogens with one attached hydrogen (secondary N) is 3. The number of aromatic nitrogens is 2. The minimum atomic E-state index is -0.808. The molecule has 0 unspecified atom stereocenters. The first-order chi connectivity index (χ1) is 18.4. The van der Waals surface area contributed by atoms with Gasteiger partial charge in [-0.3, -0.25) is 9.69 Å². The van der Waals surface area contributed by atoms with Crippen molar-refractivity contribution in [3.8, 4) is 5.75 Å². The Morgan fingerprint density at radius 2 is 2.08 bits per heavy atom. The predicted molar refractivity (Wildman–Crippen MR) is 143 cm³/mol. The molecule has 1 aliphatic heterocycles. The van der Waals surface area contributed by atoms with Gasteiger partial charge in [-0.1, -0.05) is 23.8 Å². The van der Waals surface area contributed by atoms with Crippen molar-refractivity contribution < 1.29 is 19.1 Å². The summed E-state index contributed by atoms with van der Waals surface area (Å²) in [7, 11) is 1.60. The first-order valence-corrected chi connectivity index (χ1v) is 13.2. The molecule has 38 heavy (non-hydrogen) atoms. The third kappa shape index (κ3) is 5.08. The molecule has 2 saturated carbocycles. The summed E-state index contributed by atoms with van der Waals surface area (Å²) in [6, 6.07) is 3.56. The van der Waals surface area contributed by atoms with Gasteiger partial charge in [-0.05, 0) is 42.9 Å². The maximum atomic E-state index is 12.6. The molecule has 2 heterocycles. The van der Waals surface area contributed by atoms with Crippen molar-refractivity contribution in [2.75, 3.05) is 36.1 Å². The molecule has 0 spiro atoms. The quantitative estimate of drug-likeness (QED) is 0.370. The summed E-state index contributed by atoms with van der Waals surface area (Å²) < 4.78 is 11.1. The number of fused-ring (bicyclic) bond motifs is 3. The number of primary amides is 1. The fourth-order valence-electron chi connectivity index (χ4n) is 5.69. The van der Waals surface area contributed by atoms with Crippen molar-refractivity contribution in [3.63, 3.8) is 0 Å². The summed E-state index contributed by atoms with van der Waals surface area (Å²) >= 11 is 6.43. The molecule has 2 bridgehead atoms. The Balaban J connectivity index is 1.23. The van der Waals surface area contributed by atoms with Gasteiger partial charge >= 0.3 is 6.09 Å². The third-order valence-electron chi connectivity index (χ3n) is 7.61. The molecule has 4 atom stereocenters. The molecule has 1 aromatic heterocycles. The van der Waals surface area contributed by atoms with Gasteiger partial charge in [0.15, 0.2) is 5.82 Å². The first-order valence-electron chi connectivity index (χ1n) is 12.8. The van der Waals surface area contributed by atoms with Crippen LogP contribution in [0.4, 0.5) is 27.9 Å². The maximum Gasteiger partial charge on any atom is 0.404 e. The van der Waals surface area contributed by atoms with Crippen molar-refractivity contribution >= 4 is 46.7 Å². The van der Waals surface area contributed by atoms with Gasteiger partial charge in [0.2, 0.25) is 11.9 Å². The van der Waals surface area contributed by atoms with Crippen molar-refractivity contribution in [2.24, 2.45) is 23.5 Å². The smallest absolute Gasteiger partial charge is 0.404 e. The average molecular weight is 540 g/mol. The van der Waals surface area contributed by atoms with Crippen LogP contribution >= 0.6 is 11.6 Å². The van der Waals surface area contributed by atoms with E-state index in [1.54, 1.807) is 7.11 Å². The lowest BCUT2D eigenvalue weighted by Gasteiger charge is -2.28. The van der Waals surface area contributed by atoms with Crippen molar-refractivity contribution in [3.05, 3.63) is 41.1 Å². The minimum absolute atomic E-state index is 0.0395. The van der Waals surface area contributed by atoms with Gasteiger partial charge < -0.3 is 31.2 Å². The molecule has 4 aliphatic rings. The van der Waals surface area contributed by atoms with E-state index in [9.17, 15) is 9.59 Å². The van der Waals surface area contributed by atoms with Crippen LogP contribution in [-0.4, -0.2) is 59.2 Å². The number of nitrogens with zero attached hydrogens (tertiary/aromatic N) is 3. The van der Waals surface area contributed by atoms with Crippen LogP contribution in [0.1, 0.15) is 24.8 Å². The van der Waals surface area contributed by atoms with Crippen LogP contribution in [0.15, 0.2) is 30.5 Å². The normalized spacial score (nSPS) is 25.9. The van der Waals surface area contributed by atoms with Gasteiger partial charge in [-0.15, -0.1) is 0 Å². The zero-order valence-corrected chi connectivity index (χ0v) is 21.7. The van der Waals surface area contributed by atoms with Crippen LogP contribution in [0.3, 0.4) is 0 Å². The summed E-state index contributed by atoms with van der Waals surface area (Å²) in [5.74, 6) is 2.21. The van der Waals surface area contributed by atoms with Gasteiger partial charge in [-0.25, -0.2) is 9.78 Å². The number of methoxy groups -OCH3 is 1. The summed E-state index contributed by atoms with van der Waals surface area (Å²) in [4.78, 5) is 35.2. The molecular weight excluding hydrogens is 510 g/mol. The van der Waals surface area contributed by atoms with E-state index in [4.69, 9.17) is 26.8 Å². The number of hydrogen-bond acceptors (Lipinski definition) is 9. The number of anilines is 4. The van der Waals surface area contributed by atoms with Crippen LogP contribution in [0.5, 0.6) is 5.75 Å². The number of carbonyl (C=O) groups excluding carboxylic acids is 2. The van der Waals surface area contributed by atoms with E-state index in [0.717, 1.165) is 24.2 Å². The molecule has 5 N–H and O–H groups in total. The fourth-order valence-corrected chi connectivity index (χ4v) is 5.83. The van der Waals surface area contributed by atoms with E-state index in [0.29, 0.717) is 41.3 Å². The summed E-state index contributed by atoms with van der Waals surface area (Å²) in [6.07, 6.45) is 7.77. The molecule has 2 aromatic rings. The lowest BCUT2D eigenvalue weighted by atomic mass is 9.98. The van der Waals surface area contributed by atoms with Crippen LogP contribution in [-0.2, 0) is 16.1 Å². The Morgan fingerprint density at radius 1 is 1.26 bits per heavy atom. The first kappa shape index (κ1) is 24.7. The highest BCUT2D eigenvalue weighted by Gasteiger charge is 2.47. The minimum Gasteiger partial charge on any atom is -0.495 e. The number of hydrogen-bond donors (Lipinski definition) is 4. The number of carbonyl (C=O) groups is 2. The summed E-state index contributed by atoms with van der Waals surface area (Å²) in [5.41, 5.74) is 7.63. The standard InChI is InChI=1S/C26H30ClN7O4/c1-37-20-7-16-11-34(10-13-2-3-13)12-21(35)30-18(16)8-19(20)31-26-29-9-17(27)24(33-26)32-22-14-4-5-15(6-14)23(22)38-25(28)36/h4-5,7-9,13-15,22-23H,2-3,6,10-12H2,1H3,(H2,28,36)(H,30,35)(H2,29,31,32,33)/t14-,15+,22+,23-/m0/s1. The Kier molecular flexibility index (Phi) is 6.48. The van der Waals surface area contributed by atoms with E-state index in [-0.39, 0.29) is 29.7 Å². The Hall–Kier alpha value is -3.57. The van der Waals surface area contributed by atoms with E-state index < -0.39 is 12.2 Å². The number of halogens is 1. The molecule has 2 fully saturated rings. The van der Waals surface area contributed by atoms with Crippen LogP contribution in [0, 0.1) is 17.8 Å². The SMILES string of the molecule is COc1cc2c(cc1Nc1ncc(Cl)c(N[C@H]3[C@@H](OC(N)=O)[C@@H]4C=C[C@H]3C4)n1)NC(=O)CN(CC1CC1)C2. The topological polar surface area (TPSA) is 144 Å². The molecule has 6 rings (SSSR count). The zero-order chi connectivity index (χ0) is 26.4. The van der Waals surface area contributed by atoms with Gasteiger partial charge in [0.1, 0.15) is 16.9 Å². The van der Waals surface area contributed by atoms with Crippen LogP contribution in [0.2, 0.25) is 5.02 Å². The van der Waals surface area contributed by atoms with Crippen LogP contribution < -0.4 is 26.4 Å². The Bertz CT molecular complexity index is 1300. The maximum absolute atomic E-state index is 12.6. The molecule has 12 heteroatoms. The summed E-state index contributed by atoms with van der Waals surface area (Å²) in [5, 5.41) is 9.89. The third-order valence-corrected chi connectivity index (χ3v) is 7.88. The second-order valence-corrected chi connectivity index (χ2v) is 10.8. The molecule has 3 aliphatic carbocycles. The van der Waals surface area contributed by atoms with E-state index in [1.807, 2.05) is 12.1 Å². The van der Waals surface area contributed by atoms with Crippen molar-refractivity contribution in [1.82, 2.24) is 14.9 Å². The van der Waals surface area contributed by atoms with E-state index in [2.05, 4.69) is 43.0 Å². The van der Waals surface area contributed by atoms with Crippen molar-refractivity contribution in [2.45, 2.75) is 38.0 Å². The molecule has 11 nitrogen and oxygen atoms in total. The number of benzene rings is 1. The molecule has 200 valence electrons. The largest absolute Gasteiger partial charge is 0.495 e. The number of rotatable bonds is 8. The Labute approximate surface area is 225 Å². The highest BCUT2D eigenvalue weighted by Crippen LogP contribution is 2.43. The predicted octanol–water partition coefficient (Wildman–Crippen LogP) is 3.50. The second kappa shape index (κ2) is 9.95.